The molecular formula is C19H27BN4O4. The molecule has 1 saturated heterocycles. The second-order valence-corrected chi connectivity index (χ2v) is 7.41. The number of likely N-dealkylation sites (tertiary alicyclic amines) is 1. The molecule has 1 fully saturated rings. The Bertz CT molecular complexity index is 704. The van der Waals surface area contributed by atoms with E-state index < -0.39 is 11.7 Å². The normalized spacial score (nSPS) is 14.6. The molecule has 0 bridgehead atoms. The number of ether oxygens (including phenoxy) is 2. The summed E-state index contributed by atoms with van der Waals surface area (Å²) in [6.07, 6.45) is 3.40. The van der Waals surface area contributed by atoms with E-state index >= 15 is 0 Å². The Labute approximate surface area is 166 Å². The van der Waals surface area contributed by atoms with Crippen molar-refractivity contribution in [2.24, 2.45) is 0 Å². The molecule has 8 nitrogen and oxygen atoms in total. The zero-order chi connectivity index (χ0) is 20.4. The van der Waals surface area contributed by atoms with Crippen LogP contribution in [0.3, 0.4) is 0 Å². The second kappa shape index (κ2) is 10.6. The number of carbonyl (C=O) groups excluding carboxylic acids is 1. The van der Waals surface area contributed by atoms with E-state index in [2.05, 4.69) is 20.2 Å². The summed E-state index contributed by atoms with van der Waals surface area (Å²) in [4.78, 5) is 14.3. The molecule has 0 radical (unpaired) electrons. The molecule has 0 spiro atoms. The van der Waals surface area contributed by atoms with Crippen molar-refractivity contribution in [3.05, 3.63) is 24.3 Å². The fourth-order valence-corrected chi connectivity index (χ4v) is 2.68. The van der Waals surface area contributed by atoms with E-state index in [0.717, 1.165) is 32.5 Å². The van der Waals surface area contributed by atoms with Gasteiger partial charge in [-0.15, -0.1) is 0 Å². The molecular weight excluding hydrogens is 359 g/mol. The van der Waals surface area contributed by atoms with Crippen LogP contribution in [-0.2, 0) is 9.39 Å². The molecule has 1 aliphatic heterocycles. The van der Waals surface area contributed by atoms with Crippen LogP contribution in [0.25, 0.3) is 0 Å². The Morgan fingerprint density at radius 2 is 1.93 bits per heavy atom. The van der Waals surface area contributed by atoms with Crippen LogP contribution in [0.5, 0.6) is 5.75 Å². The quantitative estimate of drug-likeness (QED) is 0.523. The number of hydrogen-bond donors (Lipinski definition) is 2. The topological polar surface area (TPSA) is 95.8 Å². The van der Waals surface area contributed by atoms with Crippen LogP contribution in [0.15, 0.2) is 24.3 Å². The van der Waals surface area contributed by atoms with Crippen molar-refractivity contribution in [2.45, 2.75) is 39.2 Å². The molecule has 1 heterocycles. The molecule has 9 heteroatoms. The van der Waals surface area contributed by atoms with E-state index in [0.29, 0.717) is 12.3 Å². The number of nitrogens with zero attached hydrogens (tertiary/aromatic N) is 2. The average molecular weight is 386 g/mol. The van der Waals surface area contributed by atoms with Crippen molar-refractivity contribution < 1.29 is 18.9 Å². The summed E-state index contributed by atoms with van der Waals surface area (Å²) >= 11 is 0. The van der Waals surface area contributed by atoms with Crippen LogP contribution in [0, 0.1) is 11.5 Å². The first kappa shape index (κ1) is 21.6. The standard InChI is InChI=1S/C19H27BN4O4/c1-19(2,3)28-18(25)23-17(20-27-14-21)22-15-6-8-16(9-7-15)26-13-12-24-10-4-5-11-24/h6-9,22H,4-5,10-13H2,1-3H3,(H,23,25). The zero-order valence-electron chi connectivity index (χ0n) is 16.7. The Hall–Kier alpha value is -2.73. The average Bonchev–Trinajstić information content (AvgIpc) is 3.13. The van der Waals surface area contributed by atoms with Crippen molar-refractivity contribution >= 4 is 24.6 Å². The molecule has 1 aliphatic rings. The van der Waals surface area contributed by atoms with Crippen LogP contribution in [0.4, 0.5) is 10.5 Å². The van der Waals surface area contributed by atoms with Gasteiger partial charge in [0.05, 0.1) is 0 Å². The Balaban J connectivity index is 1.87. The molecule has 1 amide bonds. The van der Waals surface area contributed by atoms with Gasteiger partial charge in [0.25, 0.3) is 0 Å². The van der Waals surface area contributed by atoms with Gasteiger partial charge in [0.1, 0.15) is 0 Å². The van der Waals surface area contributed by atoms with Gasteiger partial charge in [0, 0.05) is 0 Å². The summed E-state index contributed by atoms with van der Waals surface area (Å²) in [5.74, 6) is 0.767. The third kappa shape index (κ3) is 8.31. The molecule has 0 unspecified atom stereocenters. The molecule has 1 aromatic rings. The Morgan fingerprint density at radius 1 is 1.25 bits per heavy atom. The summed E-state index contributed by atoms with van der Waals surface area (Å²) in [6.45, 7) is 9.16. The number of rotatable bonds is 8. The third-order valence-electron chi connectivity index (χ3n) is 3.87. The Morgan fingerprint density at radius 3 is 2.54 bits per heavy atom. The summed E-state index contributed by atoms with van der Waals surface area (Å²) < 4.78 is 15.6. The van der Waals surface area contributed by atoms with E-state index in [9.17, 15) is 4.79 Å². The summed E-state index contributed by atoms with van der Waals surface area (Å²) in [5.41, 5.74) is 0.230. The van der Waals surface area contributed by atoms with Gasteiger partial charge >= 0.3 is 166 Å². The predicted molar refractivity (Wildman–Crippen MR) is 108 cm³/mol. The number of alkyl carbamates (subject to hydrolysis) is 1. The first-order valence-electron chi connectivity index (χ1n) is 9.33. The minimum atomic E-state index is -0.658. The van der Waals surface area contributed by atoms with Crippen molar-refractivity contribution in [1.29, 1.82) is 5.26 Å². The second-order valence-electron chi connectivity index (χ2n) is 7.41. The molecule has 28 heavy (non-hydrogen) atoms. The number of hydrogen-bond acceptors (Lipinski definition) is 7. The van der Waals surface area contributed by atoms with Crippen LogP contribution in [-0.4, -0.2) is 55.7 Å². The van der Waals surface area contributed by atoms with E-state index in [1.54, 1.807) is 20.8 Å². The first-order valence-corrected chi connectivity index (χ1v) is 9.33. The van der Waals surface area contributed by atoms with Crippen LogP contribution < -0.4 is 15.4 Å². The van der Waals surface area contributed by atoms with Gasteiger partial charge in [0.15, 0.2) is 0 Å². The molecule has 0 atom stereocenters. The van der Waals surface area contributed by atoms with Crippen LogP contribution in [0.1, 0.15) is 33.6 Å². The molecule has 2 N–H and O–H groups in total. The molecule has 0 aromatic heterocycles. The maximum absolute atomic E-state index is 11.9. The number of nitrogens with one attached hydrogen (secondary N) is 2. The zero-order valence-corrected chi connectivity index (χ0v) is 16.7. The number of nitriles is 1. The summed E-state index contributed by atoms with van der Waals surface area (Å²) in [7, 11) is 1.10. The molecule has 1 aromatic carbocycles. The van der Waals surface area contributed by atoms with Gasteiger partial charge in [0.2, 0.25) is 0 Å². The van der Waals surface area contributed by atoms with Crippen molar-refractivity contribution in [2.75, 3.05) is 31.6 Å². The number of benzene rings is 1. The van der Waals surface area contributed by atoms with Gasteiger partial charge in [-0.3, -0.25) is 0 Å². The van der Waals surface area contributed by atoms with Crippen LogP contribution in [0.2, 0.25) is 0 Å². The SMILES string of the molecule is CC(C)(C)OC(=O)NC(=BOC#N)Nc1ccc(OCCN2CCCC2)cc1. The fraction of sp³-hybridized carbons (Fsp3) is 0.526. The van der Waals surface area contributed by atoms with Gasteiger partial charge in [-0.1, -0.05) is 0 Å². The first-order chi connectivity index (χ1) is 13.4. The van der Waals surface area contributed by atoms with Crippen molar-refractivity contribution in [1.82, 2.24) is 10.2 Å². The van der Waals surface area contributed by atoms with Gasteiger partial charge in [-0.25, -0.2) is 0 Å². The Kier molecular flexibility index (Phi) is 8.14. The van der Waals surface area contributed by atoms with Gasteiger partial charge < -0.3 is 0 Å². The van der Waals surface area contributed by atoms with Crippen molar-refractivity contribution in [3.8, 4) is 12.0 Å². The van der Waals surface area contributed by atoms with E-state index in [-0.39, 0.29) is 5.71 Å². The number of amides is 1. The minimum absolute atomic E-state index is 0.179. The molecule has 2 rings (SSSR count). The van der Waals surface area contributed by atoms with E-state index in [4.69, 9.17) is 14.7 Å². The third-order valence-corrected chi connectivity index (χ3v) is 3.87. The number of carbonyl (C=O) groups is 1. The van der Waals surface area contributed by atoms with E-state index in [1.165, 1.54) is 19.1 Å². The van der Waals surface area contributed by atoms with Gasteiger partial charge in [-0.2, -0.15) is 0 Å². The van der Waals surface area contributed by atoms with E-state index in [1.807, 2.05) is 24.3 Å². The molecule has 150 valence electrons. The van der Waals surface area contributed by atoms with Crippen LogP contribution >= 0.6 is 0 Å². The summed E-state index contributed by atoms with van der Waals surface area (Å²) in [5, 5.41) is 14.1. The summed E-state index contributed by atoms with van der Waals surface area (Å²) in [6, 6.07) is 7.29. The maximum atomic E-state index is 11.9. The predicted octanol–water partition coefficient (Wildman–Crippen LogP) is 2.30. The molecule has 0 aliphatic carbocycles. The monoisotopic (exact) mass is 386 g/mol. The fourth-order valence-electron chi connectivity index (χ4n) is 2.68. The van der Waals surface area contributed by atoms with Crippen molar-refractivity contribution in [3.63, 3.8) is 0 Å². The van der Waals surface area contributed by atoms with Gasteiger partial charge in [-0.05, 0) is 0 Å². The molecule has 0 saturated carbocycles. The number of anilines is 1.